The van der Waals surface area contributed by atoms with Crippen LogP contribution >= 0.6 is 11.6 Å². The highest BCUT2D eigenvalue weighted by Crippen LogP contribution is 2.20. The van der Waals surface area contributed by atoms with E-state index in [1.165, 1.54) is 18.2 Å². The van der Waals surface area contributed by atoms with Crippen LogP contribution in [0.4, 0.5) is 0 Å². The summed E-state index contributed by atoms with van der Waals surface area (Å²) < 4.78 is 28.4. The van der Waals surface area contributed by atoms with Crippen molar-refractivity contribution in [2.45, 2.75) is 17.9 Å². The van der Waals surface area contributed by atoms with Gasteiger partial charge >= 0.3 is 0 Å². The Balaban J connectivity index is 2.02. The number of nitrogens with one attached hydrogen (secondary N) is 1. The number of aryl methyl sites for hydroxylation is 1. The minimum Gasteiger partial charge on any atom is -0.392 e. The van der Waals surface area contributed by atoms with Crippen LogP contribution < -0.4 is 4.72 Å². The molecule has 114 valence electrons. The lowest BCUT2D eigenvalue weighted by Crippen LogP contribution is -2.26. The summed E-state index contributed by atoms with van der Waals surface area (Å²) >= 11 is 5.90. The minimum absolute atomic E-state index is 0.0747. The van der Waals surface area contributed by atoms with Gasteiger partial charge in [0.25, 0.3) is 0 Å². The molecule has 2 aromatic rings. The molecule has 2 rings (SSSR count). The number of hydrogen-bond acceptors (Lipinski definition) is 4. The molecular weight excluding hydrogens is 314 g/mol. The molecule has 0 radical (unpaired) electrons. The van der Waals surface area contributed by atoms with Crippen LogP contribution in [0.2, 0.25) is 5.02 Å². The summed E-state index contributed by atoms with van der Waals surface area (Å²) in [6.07, 6.45) is 2.31. The van der Waals surface area contributed by atoms with Gasteiger partial charge in [-0.15, -0.1) is 0 Å². The summed E-state index contributed by atoms with van der Waals surface area (Å²) in [5.41, 5.74) is 1.30. The van der Waals surface area contributed by atoms with E-state index in [1.807, 2.05) is 6.07 Å². The number of aliphatic hydroxyl groups excluding tert-OH is 1. The predicted molar refractivity (Wildman–Crippen MR) is 79.5 cm³/mol. The summed E-state index contributed by atoms with van der Waals surface area (Å²) in [6.45, 7) is 0.0188. The van der Waals surface area contributed by atoms with E-state index in [-0.39, 0.29) is 23.1 Å². The maximum atomic E-state index is 12.1. The van der Waals surface area contributed by atoms with E-state index in [0.717, 1.165) is 5.69 Å². The van der Waals surface area contributed by atoms with Crippen LogP contribution in [0, 0.1) is 0 Å². The lowest BCUT2D eigenvalue weighted by molar-refractivity contribution is 0.282. The van der Waals surface area contributed by atoms with Crippen molar-refractivity contribution in [3.63, 3.8) is 0 Å². The first kappa shape index (κ1) is 16.0. The van der Waals surface area contributed by atoms with Gasteiger partial charge in [-0.1, -0.05) is 17.7 Å². The van der Waals surface area contributed by atoms with Crippen molar-refractivity contribution in [3.05, 3.63) is 46.7 Å². The molecule has 0 aliphatic heterocycles. The first-order chi connectivity index (χ1) is 9.92. The fraction of sp³-hybridized carbons (Fsp3) is 0.308. The van der Waals surface area contributed by atoms with Crippen LogP contribution in [0.3, 0.4) is 0 Å². The molecule has 0 saturated heterocycles. The Morgan fingerprint density at radius 1 is 1.38 bits per heavy atom. The number of halogens is 1. The number of sulfonamides is 1. The Kier molecular flexibility index (Phi) is 5.00. The fourth-order valence-electron chi connectivity index (χ4n) is 1.82. The third kappa shape index (κ3) is 4.04. The largest absolute Gasteiger partial charge is 0.392 e. The molecule has 2 N–H and O–H groups in total. The van der Waals surface area contributed by atoms with Gasteiger partial charge in [-0.05, 0) is 23.8 Å². The lowest BCUT2D eigenvalue weighted by Gasteiger charge is -2.08. The molecule has 6 nitrogen and oxygen atoms in total. The first-order valence-corrected chi connectivity index (χ1v) is 8.16. The molecule has 8 heteroatoms. The van der Waals surface area contributed by atoms with E-state index in [9.17, 15) is 8.42 Å². The zero-order valence-electron chi connectivity index (χ0n) is 11.5. The van der Waals surface area contributed by atoms with E-state index in [1.54, 1.807) is 17.9 Å². The zero-order chi connectivity index (χ0) is 15.5. The number of rotatable bonds is 6. The van der Waals surface area contributed by atoms with Crippen molar-refractivity contribution in [3.8, 4) is 0 Å². The summed E-state index contributed by atoms with van der Waals surface area (Å²) in [5.74, 6) is 0. The molecule has 0 aliphatic rings. The van der Waals surface area contributed by atoms with Gasteiger partial charge in [0.05, 0.1) is 17.2 Å². The van der Waals surface area contributed by atoms with Crippen molar-refractivity contribution in [1.82, 2.24) is 14.5 Å². The van der Waals surface area contributed by atoms with Crippen molar-refractivity contribution in [2.24, 2.45) is 7.05 Å². The number of hydrogen-bond donors (Lipinski definition) is 2. The number of aromatic nitrogens is 2. The Morgan fingerprint density at radius 3 is 2.71 bits per heavy atom. The summed E-state index contributed by atoms with van der Waals surface area (Å²) in [5, 5.41) is 13.4. The van der Waals surface area contributed by atoms with Gasteiger partial charge in [0.1, 0.15) is 0 Å². The molecule has 0 atom stereocenters. The molecule has 0 spiro atoms. The van der Waals surface area contributed by atoms with E-state index >= 15 is 0 Å². The van der Waals surface area contributed by atoms with E-state index < -0.39 is 10.0 Å². The Labute approximate surface area is 128 Å². The van der Waals surface area contributed by atoms with Crippen molar-refractivity contribution >= 4 is 21.6 Å². The summed E-state index contributed by atoms with van der Waals surface area (Å²) in [4.78, 5) is 0.0747. The molecule has 0 amide bonds. The highest BCUT2D eigenvalue weighted by Gasteiger charge is 2.15. The highest BCUT2D eigenvalue weighted by molar-refractivity contribution is 7.89. The lowest BCUT2D eigenvalue weighted by atomic mass is 10.2. The number of aliphatic hydroxyl groups is 1. The maximum absolute atomic E-state index is 12.1. The van der Waals surface area contributed by atoms with Gasteiger partial charge in [0, 0.05) is 31.2 Å². The van der Waals surface area contributed by atoms with Gasteiger partial charge in [-0.3, -0.25) is 4.68 Å². The summed E-state index contributed by atoms with van der Waals surface area (Å²) in [6, 6.07) is 6.08. The average Bonchev–Trinajstić information content (AvgIpc) is 2.84. The molecule has 1 heterocycles. The monoisotopic (exact) mass is 329 g/mol. The molecule has 0 aliphatic carbocycles. The SMILES string of the molecule is Cn1ccc(CCNS(=O)(=O)c2ccc(CO)c(Cl)c2)n1. The van der Waals surface area contributed by atoms with Crippen molar-refractivity contribution in [1.29, 1.82) is 0 Å². The normalized spacial score (nSPS) is 11.8. The van der Waals surface area contributed by atoms with Gasteiger partial charge in [-0.2, -0.15) is 5.10 Å². The van der Waals surface area contributed by atoms with Gasteiger partial charge < -0.3 is 5.11 Å². The second-order valence-corrected chi connectivity index (χ2v) is 6.71. The van der Waals surface area contributed by atoms with Crippen LogP contribution in [-0.4, -0.2) is 29.8 Å². The second kappa shape index (κ2) is 6.57. The second-order valence-electron chi connectivity index (χ2n) is 4.54. The molecule has 1 aromatic heterocycles. The molecule has 0 unspecified atom stereocenters. The van der Waals surface area contributed by atoms with Gasteiger partial charge in [0.15, 0.2) is 0 Å². The quantitative estimate of drug-likeness (QED) is 0.830. The van der Waals surface area contributed by atoms with Crippen molar-refractivity contribution < 1.29 is 13.5 Å². The highest BCUT2D eigenvalue weighted by atomic mass is 35.5. The molecule has 0 fully saturated rings. The maximum Gasteiger partial charge on any atom is 0.240 e. The van der Waals surface area contributed by atoms with Gasteiger partial charge in [0.2, 0.25) is 10.0 Å². The predicted octanol–water partition coefficient (Wildman–Crippen LogP) is 1.09. The zero-order valence-corrected chi connectivity index (χ0v) is 13.0. The third-order valence-corrected chi connectivity index (χ3v) is 4.76. The van der Waals surface area contributed by atoms with Crippen LogP contribution in [0.5, 0.6) is 0 Å². The number of benzene rings is 1. The molecule has 0 bridgehead atoms. The molecule has 1 aromatic carbocycles. The fourth-order valence-corrected chi connectivity index (χ4v) is 3.18. The van der Waals surface area contributed by atoms with E-state index in [2.05, 4.69) is 9.82 Å². The topological polar surface area (TPSA) is 84.2 Å². The minimum atomic E-state index is -3.62. The first-order valence-electron chi connectivity index (χ1n) is 6.30. The molecular formula is C13H16ClN3O3S. The van der Waals surface area contributed by atoms with E-state index in [0.29, 0.717) is 12.0 Å². The van der Waals surface area contributed by atoms with Crippen LogP contribution in [0.25, 0.3) is 0 Å². The molecule has 0 saturated carbocycles. The van der Waals surface area contributed by atoms with Crippen LogP contribution in [0.1, 0.15) is 11.3 Å². The number of nitrogens with zero attached hydrogens (tertiary/aromatic N) is 2. The Hall–Kier alpha value is -1.41. The van der Waals surface area contributed by atoms with Crippen molar-refractivity contribution in [2.75, 3.05) is 6.54 Å². The van der Waals surface area contributed by atoms with E-state index in [4.69, 9.17) is 16.7 Å². The summed E-state index contributed by atoms with van der Waals surface area (Å²) in [7, 11) is -1.82. The smallest absolute Gasteiger partial charge is 0.240 e. The van der Waals surface area contributed by atoms with Crippen LogP contribution in [-0.2, 0) is 30.1 Å². The molecule has 21 heavy (non-hydrogen) atoms. The Morgan fingerprint density at radius 2 is 2.14 bits per heavy atom. The van der Waals surface area contributed by atoms with Gasteiger partial charge in [-0.25, -0.2) is 13.1 Å². The average molecular weight is 330 g/mol. The standard InChI is InChI=1S/C13H16ClN3O3S/c1-17-7-5-11(16-17)4-6-15-21(19,20)12-3-2-10(9-18)13(14)8-12/h2-3,5,7-8,15,18H,4,6,9H2,1H3. The van der Waals surface area contributed by atoms with Crippen LogP contribution in [0.15, 0.2) is 35.4 Å². The Bertz CT molecular complexity index is 728. The third-order valence-electron chi connectivity index (χ3n) is 2.95.